The van der Waals surface area contributed by atoms with Gasteiger partial charge in [-0.2, -0.15) is 0 Å². The van der Waals surface area contributed by atoms with Crippen LogP contribution in [0.5, 0.6) is 5.75 Å². The molecule has 6 N–H and O–H groups in total. The van der Waals surface area contributed by atoms with Crippen molar-refractivity contribution in [3.8, 4) is 5.75 Å². The molecule has 0 saturated carbocycles. The van der Waals surface area contributed by atoms with Crippen molar-refractivity contribution >= 4 is 23.3 Å². The standard InChI is InChI=1S/C26H31FN6O3/c1-33(2)23(16-9-13-24(36-3)18(27)14-16)12-11-20(32-26(29)35)17-8-10-22(30-15-17)25(34)31-21-7-5-4-6-19(21)28/h4-10,13-15,20,23H,11-12,28H2,1-3H3,(H,31,34)(H3,29,32,35). The molecule has 0 bridgehead atoms. The highest BCUT2D eigenvalue weighted by molar-refractivity contribution is 6.04. The number of anilines is 2. The minimum absolute atomic E-state index is 0.128. The molecule has 3 amide bonds. The second-order valence-electron chi connectivity index (χ2n) is 8.53. The zero-order valence-electron chi connectivity index (χ0n) is 20.5. The smallest absolute Gasteiger partial charge is 0.312 e. The monoisotopic (exact) mass is 494 g/mol. The molecule has 0 saturated heterocycles. The molecule has 36 heavy (non-hydrogen) atoms. The van der Waals surface area contributed by atoms with Crippen molar-refractivity contribution in [2.24, 2.45) is 5.73 Å². The van der Waals surface area contributed by atoms with E-state index < -0.39 is 23.8 Å². The van der Waals surface area contributed by atoms with Crippen molar-refractivity contribution in [3.05, 3.63) is 83.4 Å². The molecular weight excluding hydrogens is 463 g/mol. The molecule has 1 aromatic heterocycles. The normalized spacial score (nSPS) is 12.6. The lowest BCUT2D eigenvalue weighted by Gasteiger charge is -2.27. The largest absolute Gasteiger partial charge is 0.494 e. The zero-order chi connectivity index (χ0) is 26.2. The lowest BCUT2D eigenvalue weighted by Crippen LogP contribution is -2.34. The van der Waals surface area contributed by atoms with E-state index in [1.165, 1.54) is 19.4 Å². The van der Waals surface area contributed by atoms with Crippen molar-refractivity contribution < 1.29 is 18.7 Å². The Bertz CT molecular complexity index is 1200. The van der Waals surface area contributed by atoms with Gasteiger partial charge in [0.15, 0.2) is 11.6 Å². The maximum atomic E-state index is 14.3. The van der Waals surface area contributed by atoms with Crippen LogP contribution in [0.3, 0.4) is 0 Å². The minimum Gasteiger partial charge on any atom is -0.494 e. The van der Waals surface area contributed by atoms with Crippen LogP contribution in [0.2, 0.25) is 0 Å². The van der Waals surface area contributed by atoms with E-state index in [2.05, 4.69) is 15.6 Å². The van der Waals surface area contributed by atoms with Gasteiger partial charge in [0.05, 0.1) is 24.5 Å². The zero-order valence-corrected chi connectivity index (χ0v) is 20.5. The Kier molecular flexibility index (Phi) is 8.80. The molecule has 190 valence electrons. The number of rotatable bonds is 10. The highest BCUT2D eigenvalue weighted by Gasteiger charge is 2.21. The lowest BCUT2D eigenvalue weighted by atomic mass is 9.95. The molecule has 0 aliphatic rings. The number of nitrogens with zero attached hydrogens (tertiary/aromatic N) is 2. The average molecular weight is 495 g/mol. The van der Waals surface area contributed by atoms with Gasteiger partial charge < -0.3 is 31.7 Å². The van der Waals surface area contributed by atoms with Crippen LogP contribution in [-0.4, -0.2) is 43.0 Å². The van der Waals surface area contributed by atoms with Crippen LogP contribution < -0.4 is 26.8 Å². The quantitative estimate of drug-likeness (QED) is 0.316. The molecule has 0 radical (unpaired) electrons. The number of ether oxygens (including phenoxy) is 1. The van der Waals surface area contributed by atoms with Gasteiger partial charge in [-0.05, 0) is 68.4 Å². The fourth-order valence-electron chi connectivity index (χ4n) is 3.97. The van der Waals surface area contributed by atoms with Crippen LogP contribution in [0, 0.1) is 5.82 Å². The SMILES string of the molecule is COc1ccc(C(CCC(NC(N)=O)c2ccc(C(=O)Nc3ccccc3N)nc2)N(C)C)cc1F. The van der Waals surface area contributed by atoms with Crippen LogP contribution in [0.4, 0.5) is 20.6 Å². The molecular formula is C26H31FN6O3. The van der Waals surface area contributed by atoms with Crippen LogP contribution in [-0.2, 0) is 0 Å². The number of nitrogens with one attached hydrogen (secondary N) is 2. The fourth-order valence-corrected chi connectivity index (χ4v) is 3.97. The van der Waals surface area contributed by atoms with E-state index in [9.17, 15) is 14.0 Å². The number of nitrogen functional groups attached to an aromatic ring is 1. The molecule has 2 atom stereocenters. The summed E-state index contributed by atoms with van der Waals surface area (Å²) < 4.78 is 19.3. The van der Waals surface area contributed by atoms with Gasteiger partial charge in [0.2, 0.25) is 0 Å². The molecule has 3 rings (SSSR count). The number of benzene rings is 2. The number of hydrogen-bond donors (Lipinski definition) is 4. The van der Waals surface area contributed by atoms with Gasteiger partial charge >= 0.3 is 6.03 Å². The average Bonchev–Trinajstić information content (AvgIpc) is 2.84. The van der Waals surface area contributed by atoms with Gasteiger partial charge in [0, 0.05) is 12.2 Å². The van der Waals surface area contributed by atoms with Crippen molar-refractivity contribution in [2.45, 2.75) is 24.9 Å². The molecule has 0 aliphatic carbocycles. The maximum Gasteiger partial charge on any atom is 0.312 e. The third-order valence-corrected chi connectivity index (χ3v) is 5.86. The van der Waals surface area contributed by atoms with Crippen LogP contribution in [0.1, 0.15) is 46.5 Å². The number of urea groups is 1. The number of pyridine rings is 1. The third kappa shape index (κ3) is 6.70. The predicted octanol–water partition coefficient (Wildman–Crippen LogP) is 3.86. The van der Waals surface area contributed by atoms with Gasteiger partial charge in [-0.25, -0.2) is 9.18 Å². The van der Waals surface area contributed by atoms with Crippen LogP contribution >= 0.6 is 0 Å². The summed E-state index contributed by atoms with van der Waals surface area (Å²) in [7, 11) is 5.22. The topological polar surface area (TPSA) is 136 Å². The molecule has 0 spiro atoms. The predicted molar refractivity (Wildman–Crippen MR) is 137 cm³/mol. The minimum atomic E-state index is -0.682. The van der Waals surface area contributed by atoms with E-state index >= 15 is 0 Å². The van der Waals surface area contributed by atoms with Gasteiger partial charge in [0.1, 0.15) is 5.69 Å². The first kappa shape index (κ1) is 26.4. The molecule has 2 aromatic carbocycles. The summed E-state index contributed by atoms with van der Waals surface area (Å²) in [5.74, 6) is -0.674. The molecule has 10 heteroatoms. The van der Waals surface area contributed by atoms with E-state index in [0.717, 1.165) is 5.56 Å². The summed E-state index contributed by atoms with van der Waals surface area (Å²) in [4.78, 5) is 30.5. The fraction of sp³-hybridized carbons (Fsp3) is 0.269. The summed E-state index contributed by atoms with van der Waals surface area (Å²) in [6.45, 7) is 0. The molecule has 2 unspecified atom stereocenters. The summed E-state index contributed by atoms with van der Waals surface area (Å²) >= 11 is 0. The highest BCUT2D eigenvalue weighted by Crippen LogP contribution is 2.30. The molecule has 0 fully saturated rings. The summed E-state index contributed by atoms with van der Waals surface area (Å²) in [5.41, 5.74) is 13.9. The Morgan fingerprint density at radius 2 is 1.81 bits per heavy atom. The summed E-state index contributed by atoms with van der Waals surface area (Å²) in [5, 5.41) is 5.47. The van der Waals surface area contributed by atoms with Gasteiger partial charge in [-0.1, -0.05) is 24.3 Å². The van der Waals surface area contributed by atoms with E-state index in [0.29, 0.717) is 29.8 Å². The Labute approximate surface area is 209 Å². The number of primary amides is 1. The summed E-state index contributed by atoms with van der Waals surface area (Å²) in [6, 6.07) is 13.8. The second-order valence-corrected chi connectivity index (χ2v) is 8.53. The molecule has 1 heterocycles. The lowest BCUT2D eigenvalue weighted by molar-refractivity contribution is 0.102. The number of amides is 3. The van der Waals surface area contributed by atoms with Crippen molar-refractivity contribution in [1.82, 2.24) is 15.2 Å². The number of methoxy groups -OCH3 is 1. The first-order valence-electron chi connectivity index (χ1n) is 11.4. The third-order valence-electron chi connectivity index (χ3n) is 5.86. The van der Waals surface area contributed by atoms with E-state index in [1.807, 2.05) is 25.1 Å². The van der Waals surface area contributed by atoms with Gasteiger partial charge in [-0.15, -0.1) is 0 Å². The molecule has 3 aromatic rings. The highest BCUT2D eigenvalue weighted by atomic mass is 19.1. The number of carbonyl (C=O) groups is 2. The Morgan fingerprint density at radius 1 is 1.08 bits per heavy atom. The van der Waals surface area contributed by atoms with Crippen LogP contribution in [0.25, 0.3) is 0 Å². The van der Waals surface area contributed by atoms with E-state index in [-0.39, 0.29) is 17.5 Å². The number of halogens is 1. The van der Waals surface area contributed by atoms with Gasteiger partial charge in [-0.3, -0.25) is 9.78 Å². The van der Waals surface area contributed by atoms with E-state index in [1.54, 1.807) is 42.5 Å². The Hall–Kier alpha value is -4.18. The summed E-state index contributed by atoms with van der Waals surface area (Å²) in [6.07, 6.45) is 2.61. The van der Waals surface area contributed by atoms with Crippen LogP contribution in [0.15, 0.2) is 60.8 Å². The number of nitrogens with two attached hydrogens (primary N) is 2. The number of aromatic nitrogens is 1. The van der Waals surface area contributed by atoms with Crippen molar-refractivity contribution in [3.63, 3.8) is 0 Å². The maximum absolute atomic E-state index is 14.3. The van der Waals surface area contributed by atoms with E-state index in [4.69, 9.17) is 16.2 Å². The number of hydrogen-bond acceptors (Lipinski definition) is 6. The molecule has 0 aliphatic heterocycles. The van der Waals surface area contributed by atoms with Crippen molar-refractivity contribution in [1.29, 1.82) is 0 Å². The second kappa shape index (κ2) is 12.0. The Morgan fingerprint density at radius 3 is 2.39 bits per heavy atom. The number of para-hydroxylation sites is 2. The Balaban J connectivity index is 1.74. The first-order chi connectivity index (χ1) is 17.2. The first-order valence-corrected chi connectivity index (χ1v) is 11.4. The van der Waals surface area contributed by atoms with Gasteiger partial charge in [0.25, 0.3) is 5.91 Å². The van der Waals surface area contributed by atoms with Crippen molar-refractivity contribution in [2.75, 3.05) is 32.3 Å². The molecule has 9 nitrogen and oxygen atoms in total. The number of carbonyl (C=O) groups excluding carboxylic acids is 2.